The Labute approximate surface area is 201 Å². The van der Waals surface area contributed by atoms with E-state index in [2.05, 4.69) is 10.2 Å². The molecule has 0 radical (unpaired) electrons. The minimum atomic E-state index is -3.34. The fourth-order valence-electron chi connectivity index (χ4n) is 5.07. The van der Waals surface area contributed by atoms with Gasteiger partial charge in [0.2, 0.25) is 10.0 Å². The average molecular weight is 497 g/mol. The maximum Gasteiger partial charge on any atom is 0.211 e. The van der Waals surface area contributed by atoms with Gasteiger partial charge >= 0.3 is 0 Å². The minimum Gasteiger partial charge on any atom is -0.317 e. The SMILES string of the molecule is CS(=O)(=O)N1CC(Cc2ccc(Cl)cc2)N(C2CCNCC2)C[C@@H]1Cc1ccc(Cl)cc1. The first-order valence-corrected chi connectivity index (χ1v) is 13.8. The number of sulfonamides is 1. The van der Waals surface area contributed by atoms with Crippen LogP contribution >= 0.6 is 23.2 Å². The van der Waals surface area contributed by atoms with Gasteiger partial charge in [-0.15, -0.1) is 0 Å². The van der Waals surface area contributed by atoms with Gasteiger partial charge in [0.15, 0.2) is 0 Å². The van der Waals surface area contributed by atoms with Crippen molar-refractivity contribution in [3.05, 3.63) is 69.7 Å². The van der Waals surface area contributed by atoms with Crippen molar-refractivity contribution in [3.8, 4) is 0 Å². The molecular weight excluding hydrogens is 465 g/mol. The van der Waals surface area contributed by atoms with E-state index in [4.69, 9.17) is 23.2 Å². The highest BCUT2D eigenvalue weighted by molar-refractivity contribution is 7.88. The smallest absolute Gasteiger partial charge is 0.211 e. The monoisotopic (exact) mass is 495 g/mol. The highest BCUT2D eigenvalue weighted by atomic mass is 35.5. The zero-order valence-electron chi connectivity index (χ0n) is 18.4. The highest BCUT2D eigenvalue weighted by Gasteiger charge is 2.41. The summed E-state index contributed by atoms with van der Waals surface area (Å²) in [7, 11) is -3.34. The third kappa shape index (κ3) is 6.04. The maximum absolute atomic E-state index is 12.8. The summed E-state index contributed by atoms with van der Waals surface area (Å²) in [6.45, 7) is 3.25. The number of nitrogens with zero attached hydrogens (tertiary/aromatic N) is 2. The van der Waals surface area contributed by atoms with Gasteiger partial charge in [0.25, 0.3) is 0 Å². The molecule has 174 valence electrons. The van der Waals surface area contributed by atoms with Crippen molar-refractivity contribution in [2.45, 2.75) is 43.8 Å². The molecule has 8 heteroatoms. The van der Waals surface area contributed by atoms with E-state index in [-0.39, 0.29) is 12.1 Å². The Morgan fingerprint density at radius 2 is 1.34 bits per heavy atom. The largest absolute Gasteiger partial charge is 0.317 e. The van der Waals surface area contributed by atoms with Gasteiger partial charge in [0.1, 0.15) is 0 Å². The second-order valence-electron chi connectivity index (χ2n) is 8.98. The summed E-state index contributed by atoms with van der Waals surface area (Å²) < 4.78 is 27.4. The zero-order valence-corrected chi connectivity index (χ0v) is 20.7. The maximum atomic E-state index is 12.8. The van der Waals surface area contributed by atoms with Crippen LogP contribution in [-0.2, 0) is 22.9 Å². The lowest BCUT2D eigenvalue weighted by atomic mass is 9.93. The van der Waals surface area contributed by atoms with Crippen molar-refractivity contribution in [2.24, 2.45) is 0 Å². The van der Waals surface area contributed by atoms with Gasteiger partial charge in [-0.3, -0.25) is 4.90 Å². The van der Waals surface area contributed by atoms with Crippen molar-refractivity contribution < 1.29 is 8.42 Å². The molecule has 0 aromatic heterocycles. The summed E-state index contributed by atoms with van der Waals surface area (Å²) in [5.74, 6) is 0. The Morgan fingerprint density at radius 3 is 1.84 bits per heavy atom. The zero-order chi connectivity index (χ0) is 22.7. The summed E-state index contributed by atoms with van der Waals surface area (Å²) in [6, 6.07) is 16.2. The Kier molecular flexibility index (Phi) is 7.81. The van der Waals surface area contributed by atoms with Gasteiger partial charge in [-0.25, -0.2) is 8.42 Å². The highest BCUT2D eigenvalue weighted by Crippen LogP contribution is 2.28. The molecule has 32 heavy (non-hydrogen) atoms. The number of halogens is 2. The van der Waals surface area contributed by atoms with Crippen LogP contribution in [0.25, 0.3) is 0 Å². The standard InChI is InChI=1S/C24H31Cl2N3O2S/c1-32(30,31)29-17-23(14-18-2-6-20(25)7-3-18)28(22-10-12-27-13-11-22)16-24(29)15-19-4-8-21(26)9-5-19/h2-9,22-24,27H,10-17H2,1H3/t23?,24-/m0/s1. The number of hydrogen-bond acceptors (Lipinski definition) is 4. The van der Waals surface area contributed by atoms with E-state index in [1.807, 2.05) is 48.5 Å². The lowest BCUT2D eigenvalue weighted by Crippen LogP contribution is -2.64. The first-order valence-electron chi connectivity index (χ1n) is 11.2. The van der Waals surface area contributed by atoms with E-state index >= 15 is 0 Å². The third-order valence-corrected chi connectivity index (χ3v) is 8.46. The van der Waals surface area contributed by atoms with E-state index in [1.54, 1.807) is 4.31 Å². The Balaban J connectivity index is 1.61. The topological polar surface area (TPSA) is 52.7 Å². The Bertz CT molecular complexity index is 993. The molecule has 5 nitrogen and oxygen atoms in total. The second kappa shape index (κ2) is 10.4. The van der Waals surface area contributed by atoms with E-state index in [1.165, 1.54) is 11.8 Å². The van der Waals surface area contributed by atoms with E-state index in [0.29, 0.717) is 29.1 Å². The lowest BCUT2D eigenvalue weighted by Gasteiger charge is -2.49. The summed E-state index contributed by atoms with van der Waals surface area (Å²) in [6.07, 6.45) is 4.99. The van der Waals surface area contributed by atoms with Crippen LogP contribution in [0, 0.1) is 0 Å². The fourth-order valence-corrected chi connectivity index (χ4v) is 6.45. The van der Waals surface area contributed by atoms with Gasteiger partial charge in [0.05, 0.1) is 6.26 Å². The van der Waals surface area contributed by atoms with Crippen LogP contribution < -0.4 is 5.32 Å². The molecule has 2 heterocycles. The minimum absolute atomic E-state index is 0.0949. The number of piperidine rings is 1. The first kappa shape index (κ1) is 24.0. The molecule has 4 rings (SSSR count). The number of piperazine rings is 1. The molecule has 2 fully saturated rings. The van der Waals surface area contributed by atoms with Crippen LogP contribution in [0.3, 0.4) is 0 Å². The Morgan fingerprint density at radius 1 is 0.844 bits per heavy atom. The molecule has 2 atom stereocenters. The van der Waals surface area contributed by atoms with Crippen LogP contribution in [0.2, 0.25) is 10.0 Å². The van der Waals surface area contributed by atoms with Crippen LogP contribution in [0.4, 0.5) is 0 Å². The first-order chi connectivity index (χ1) is 15.3. The molecule has 1 unspecified atom stereocenters. The fraction of sp³-hybridized carbons (Fsp3) is 0.500. The molecule has 2 aliphatic rings. The van der Waals surface area contributed by atoms with Gasteiger partial charge in [0, 0.05) is 41.3 Å². The van der Waals surface area contributed by atoms with Crippen molar-refractivity contribution >= 4 is 33.2 Å². The number of hydrogen-bond donors (Lipinski definition) is 1. The van der Waals surface area contributed by atoms with E-state index in [9.17, 15) is 8.42 Å². The summed E-state index contributed by atoms with van der Waals surface area (Å²) in [5, 5.41) is 4.86. The molecule has 2 aromatic rings. The predicted molar refractivity (Wildman–Crippen MR) is 132 cm³/mol. The molecular formula is C24H31Cl2N3O2S. The molecule has 0 amide bonds. The molecule has 1 N–H and O–H groups in total. The summed E-state index contributed by atoms with van der Waals surface area (Å²) in [4.78, 5) is 2.58. The average Bonchev–Trinajstić information content (AvgIpc) is 2.77. The molecule has 0 aliphatic carbocycles. The lowest BCUT2D eigenvalue weighted by molar-refractivity contribution is 0.0291. The van der Waals surface area contributed by atoms with Crippen LogP contribution in [0.1, 0.15) is 24.0 Å². The molecule has 0 spiro atoms. The van der Waals surface area contributed by atoms with Crippen LogP contribution in [0.5, 0.6) is 0 Å². The van der Waals surface area contributed by atoms with Gasteiger partial charge in [-0.1, -0.05) is 47.5 Å². The third-order valence-electron chi connectivity index (χ3n) is 6.66. The molecule has 0 saturated carbocycles. The molecule has 2 aliphatic heterocycles. The van der Waals surface area contributed by atoms with Gasteiger partial charge < -0.3 is 5.32 Å². The van der Waals surface area contributed by atoms with Crippen molar-refractivity contribution in [1.29, 1.82) is 0 Å². The van der Waals surface area contributed by atoms with E-state index in [0.717, 1.165) is 44.5 Å². The van der Waals surface area contributed by atoms with Crippen molar-refractivity contribution in [2.75, 3.05) is 32.4 Å². The summed E-state index contributed by atoms with van der Waals surface area (Å²) >= 11 is 12.1. The number of benzene rings is 2. The van der Waals surface area contributed by atoms with Crippen molar-refractivity contribution in [3.63, 3.8) is 0 Å². The van der Waals surface area contributed by atoms with Crippen molar-refractivity contribution in [1.82, 2.24) is 14.5 Å². The second-order valence-corrected chi connectivity index (χ2v) is 11.8. The molecule has 0 bridgehead atoms. The van der Waals surface area contributed by atoms with Crippen LogP contribution in [-0.4, -0.2) is 68.2 Å². The van der Waals surface area contributed by atoms with Crippen LogP contribution in [0.15, 0.2) is 48.5 Å². The predicted octanol–water partition coefficient (Wildman–Crippen LogP) is 3.85. The number of nitrogens with one attached hydrogen (secondary N) is 1. The van der Waals surface area contributed by atoms with Gasteiger partial charge in [-0.05, 0) is 74.2 Å². The Hall–Kier alpha value is -1.15. The quantitative estimate of drug-likeness (QED) is 0.661. The van der Waals surface area contributed by atoms with Gasteiger partial charge in [-0.2, -0.15) is 4.31 Å². The number of rotatable bonds is 6. The normalized spacial score (nSPS) is 24.0. The molecule has 2 saturated heterocycles. The van der Waals surface area contributed by atoms with E-state index < -0.39 is 10.0 Å². The molecule has 2 aromatic carbocycles. The summed E-state index contributed by atoms with van der Waals surface area (Å²) in [5.41, 5.74) is 2.29.